The Labute approximate surface area is 60.4 Å². The minimum atomic E-state index is 0.561. The van der Waals surface area contributed by atoms with Crippen LogP contribution in [0.1, 0.15) is 20.8 Å². The minimum Gasteiger partial charge on any atom is -0.221 e. The third kappa shape index (κ3) is 1.36. The molecule has 0 aromatic carbocycles. The maximum atomic E-state index is 4.22. The van der Waals surface area contributed by atoms with Crippen molar-refractivity contribution in [2.24, 2.45) is 10.3 Å². The zero-order valence-corrected chi connectivity index (χ0v) is 6.83. The van der Waals surface area contributed by atoms with Crippen LogP contribution in [0, 0.1) is 5.92 Å². The third-order valence-electron chi connectivity index (χ3n) is 1.74. The molecule has 1 atom stereocenters. The van der Waals surface area contributed by atoms with Crippen LogP contribution in [0.5, 0.6) is 0 Å². The zero-order valence-electron chi connectivity index (χ0n) is 6.01. The van der Waals surface area contributed by atoms with E-state index in [0.29, 0.717) is 5.92 Å². The number of rotatable bonds is 0. The highest BCUT2D eigenvalue weighted by Gasteiger charge is 2.10. The maximum Gasteiger partial charge on any atom is 0.0304 e. The average Bonchev–Trinajstić information content (AvgIpc) is 1.83. The van der Waals surface area contributed by atoms with Gasteiger partial charge in [0.05, 0.1) is 0 Å². The second-order valence-corrected chi connectivity index (χ2v) is 3.05. The molecule has 9 heavy (non-hydrogen) atoms. The summed E-state index contributed by atoms with van der Waals surface area (Å²) < 4.78 is 4.22. The molecule has 1 unspecified atom stereocenters. The van der Waals surface area contributed by atoms with Gasteiger partial charge in [-0.3, -0.25) is 0 Å². The van der Waals surface area contributed by atoms with Crippen molar-refractivity contribution in [1.29, 1.82) is 0 Å². The van der Waals surface area contributed by atoms with Crippen LogP contribution >= 0.6 is 11.9 Å². The molecule has 0 radical (unpaired) electrons. The van der Waals surface area contributed by atoms with Crippen LogP contribution in [0.4, 0.5) is 0 Å². The molecule has 0 saturated heterocycles. The molecule has 0 amide bonds. The number of hydrogen-bond donors (Lipinski definition) is 0. The molecule has 1 heterocycles. The number of nitrogens with zero attached hydrogens (tertiary/aromatic N) is 1. The van der Waals surface area contributed by atoms with Gasteiger partial charge in [0.15, 0.2) is 0 Å². The second-order valence-electron chi connectivity index (χ2n) is 2.42. The van der Waals surface area contributed by atoms with Crippen LogP contribution in [0.2, 0.25) is 0 Å². The van der Waals surface area contributed by atoms with Gasteiger partial charge in [-0.1, -0.05) is 12.5 Å². The molecule has 0 fully saturated rings. The van der Waals surface area contributed by atoms with Gasteiger partial charge in [-0.25, -0.2) is 4.40 Å². The van der Waals surface area contributed by atoms with Crippen molar-refractivity contribution in [1.82, 2.24) is 0 Å². The topological polar surface area (TPSA) is 12.4 Å². The second kappa shape index (κ2) is 2.56. The number of hydrogen-bond acceptors (Lipinski definition) is 2. The fourth-order valence-corrected chi connectivity index (χ4v) is 1.45. The van der Waals surface area contributed by atoms with E-state index >= 15 is 0 Å². The van der Waals surface area contributed by atoms with Gasteiger partial charge < -0.3 is 0 Å². The van der Waals surface area contributed by atoms with E-state index in [1.54, 1.807) is 11.9 Å². The summed E-state index contributed by atoms with van der Waals surface area (Å²) in [6.45, 7) is 6.41. The Morgan fingerprint density at radius 1 is 1.56 bits per heavy atom. The fourth-order valence-electron chi connectivity index (χ4n) is 0.703. The van der Waals surface area contributed by atoms with Crippen LogP contribution in [0.3, 0.4) is 0 Å². The summed E-state index contributed by atoms with van der Waals surface area (Å²) in [5, 5.41) is 2.11. The van der Waals surface area contributed by atoms with Crippen molar-refractivity contribution >= 4 is 17.7 Å². The van der Waals surface area contributed by atoms with Gasteiger partial charge in [0.25, 0.3) is 0 Å². The molecule has 0 N–H and O–H groups in total. The molecule has 0 aromatic rings. The van der Waals surface area contributed by atoms with E-state index in [9.17, 15) is 0 Å². The summed E-state index contributed by atoms with van der Waals surface area (Å²) >= 11 is 1.54. The van der Waals surface area contributed by atoms with Gasteiger partial charge in [-0.2, -0.15) is 0 Å². The summed E-state index contributed by atoms with van der Waals surface area (Å²) in [5.41, 5.74) is 2.66. The lowest BCUT2D eigenvalue weighted by Crippen LogP contribution is -2.09. The van der Waals surface area contributed by atoms with Gasteiger partial charge in [0.2, 0.25) is 0 Å². The molecule has 0 aromatic heterocycles. The summed E-state index contributed by atoms with van der Waals surface area (Å²) in [7, 11) is 0. The standard InChI is InChI=1S/C7H11NS/c1-5-4-9-8-7(3)6(5)2/h4,6H,1-3H3. The Bertz CT molecular complexity index is 152. The molecule has 1 nitrogen and oxygen atoms in total. The maximum absolute atomic E-state index is 4.22. The van der Waals surface area contributed by atoms with E-state index in [1.165, 1.54) is 11.3 Å². The monoisotopic (exact) mass is 141 g/mol. The van der Waals surface area contributed by atoms with Crippen molar-refractivity contribution in [2.75, 3.05) is 0 Å². The molecular formula is C7H11NS. The Kier molecular flexibility index (Phi) is 1.96. The van der Waals surface area contributed by atoms with E-state index in [0.717, 1.165) is 0 Å². The first-order chi connectivity index (χ1) is 4.22. The Hall–Kier alpha value is -0.240. The van der Waals surface area contributed by atoms with Crippen molar-refractivity contribution in [3.63, 3.8) is 0 Å². The van der Waals surface area contributed by atoms with E-state index < -0.39 is 0 Å². The largest absolute Gasteiger partial charge is 0.221 e. The fraction of sp³-hybridized carbons (Fsp3) is 0.571. The van der Waals surface area contributed by atoms with Crippen molar-refractivity contribution in [3.8, 4) is 0 Å². The highest BCUT2D eigenvalue weighted by atomic mass is 32.2. The van der Waals surface area contributed by atoms with E-state index in [-0.39, 0.29) is 0 Å². The smallest absolute Gasteiger partial charge is 0.0304 e. The molecule has 0 aliphatic carbocycles. The Morgan fingerprint density at radius 2 is 2.22 bits per heavy atom. The molecule has 0 bridgehead atoms. The lowest BCUT2D eigenvalue weighted by atomic mass is 10.00. The molecule has 0 saturated carbocycles. The molecular weight excluding hydrogens is 130 g/mol. The first-order valence-corrected chi connectivity index (χ1v) is 3.92. The Balaban J connectivity index is 2.74. The van der Waals surface area contributed by atoms with Crippen molar-refractivity contribution in [2.45, 2.75) is 20.8 Å². The van der Waals surface area contributed by atoms with Crippen LogP contribution in [-0.2, 0) is 0 Å². The quantitative estimate of drug-likeness (QED) is 0.472. The van der Waals surface area contributed by atoms with Gasteiger partial charge in [-0.15, -0.1) is 0 Å². The normalized spacial score (nSPS) is 27.2. The van der Waals surface area contributed by atoms with Gasteiger partial charge in [0, 0.05) is 23.6 Å². The molecule has 1 rings (SSSR count). The minimum absolute atomic E-state index is 0.561. The first-order valence-electron chi connectivity index (χ1n) is 3.09. The van der Waals surface area contributed by atoms with Crippen molar-refractivity contribution < 1.29 is 0 Å². The van der Waals surface area contributed by atoms with Gasteiger partial charge in [-0.05, 0) is 19.3 Å². The highest BCUT2D eigenvalue weighted by molar-refractivity contribution is 8.01. The van der Waals surface area contributed by atoms with E-state index in [1.807, 2.05) is 0 Å². The summed E-state index contributed by atoms with van der Waals surface area (Å²) in [5.74, 6) is 0.561. The molecule has 2 heteroatoms. The predicted molar refractivity (Wildman–Crippen MR) is 43.6 cm³/mol. The van der Waals surface area contributed by atoms with Crippen LogP contribution in [-0.4, -0.2) is 5.71 Å². The van der Waals surface area contributed by atoms with E-state index in [4.69, 9.17) is 0 Å². The number of allylic oxidation sites excluding steroid dienone is 1. The van der Waals surface area contributed by atoms with Gasteiger partial charge in [0.1, 0.15) is 0 Å². The molecule has 50 valence electrons. The molecule has 1 aliphatic rings. The summed E-state index contributed by atoms with van der Waals surface area (Å²) in [4.78, 5) is 0. The summed E-state index contributed by atoms with van der Waals surface area (Å²) in [6.07, 6.45) is 0. The first kappa shape index (κ1) is 6.87. The van der Waals surface area contributed by atoms with Gasteiger partial charge >= 0.3 is 0 Å². The van der Waals surface area contributed by atoms with Crippen LogP contribution in [0.15, 0.2) is 15.4 Å². The summed E-state index contributed by atoms with van der Waals surface area (Å²) in [6, 6.07) is 0. The molecule has 0 spiro atoms. The Morgan fingerprint density at radius 3 is 2.67 bits per heavy atom. The lowest BCUT2D eigenvalue weighted by Gasteiger charge is -2.14. The van der Waals surface area contributed by atoms with Crippen molar-refractivity contribution in [3.05, 3.63) is 11.0 Å². The lowest BCUT2D eigenvalue weighted by molar-refractivity contribution is 0.911. The average molecular weight is 141 g/mol. The third-order valence-corrected chi connectivity index (χ3v) is 2.62. The highest BCUT2D eigenvalue weighted by Crippen LogP contribution is 2.23. The van der Waals surface area contributed by atoms with E-state index in [2.05, 4.69) is 30.6 Å². The zero-order chi connectivity index (χ0) is 6.85. The molecule has 1 aliphatic heterocycles. The predicted octanol–water partition coefficient (Wildman–Crippen LogP) is 2.65. The SMILES string of the molecule is CC1=CSN=C(C)C1C. The van der Waals surface area contributed by atoms with Crippen LogP contribution < -0.4 is 0 Å². The van der Waals surface area contributed by atoms with Crippen LogP contribution in [0.25, 0.3) is 0 Å².